The molecule has 0 spiro atoms. The molecule has 1 heterocycles. The van der Waals surface area contributed by atoms with Crippen LogP contribution in [0.25, 0.3) is 10.8 Å². The Labute approximate surface area is 169 Å². The van der Waals surface area contributed by atoms with Crippen molar-refractivity contribution in [1.29, 1.82) is 0 Å². The molecule has 3 aromatic carbocycles. The maximum Gasteiger partial charge on any atom is 0.250 e. The zero-order valence-corrected chi connectivity index (χ0v) is 15.8. The van der Waals surface area contributed by atoms with Crippen LogP contribution in [0, 0.1) is 0 Å². The molecule has 3 N–H and O–H groups in total. The van der Waals surface area contributed by atoms with Gasteiger partial charge in [-0.3, -0.25) is 4.79 Å². The molecule has 0 fully saturated rings. The van der Waals surface area contributed by atoms with Gasteiger partial charge in [-0.1, -0.05) is 54.6 Å². The topological polar surface area (TPSA) is 77.2 Å². The van der Waals surface area contributed by atoms with Gasteiger partial charge >= 0.3 is 0 Å². The summed E-state index contributed by atoms with van der Waals surface area (Å²) in [5, 5.41) is 5.58. The summed E-state index contributed by atoms with van der Waals surface area (Å²) in [6.45, 7) is 0.838. The molecule has 4 aromatic rings. The largest absolute Gasteiger partial charge is 0.438 e. The van der Waals surface area contributed by atoms with Crippen molar-refractivity contribution in [3.8, 4) is 11.6 Å². The van der Waals surface area contributed by atoms with Crippen LogP contribution in [0.4, 0.5) is 5.69 Å². The minimum Gasteiger partial charge on any atom is -0.438 e. The Morgan fingerprint density at radius 2 is 1.69 bits per heavy atom. The number of nitrogens with two attached hydrogens (primary N) is 1. The minimum atomic E-state index is -0.513. The Morgan fingerprint density at radius 3 is 2.45 bits per heavy atom. The van der Waals surface area contributed by atoms with Crippen molar-refractivity contribution in [2.45, 2.75) is 6.42 Å². The summed E-state index contributed by atoms with van der Waals surface area (Å²) in [5.41, 5.74) is 7.96. The van der Waals surface area contributed by atoms with E-state index >= 15 is 0 Å². The molecule has 1 amide bonds. The summed E-state index contributed by atoms with van der Waals surface area (Å²) in [6, 6.07) is 25.7. The number of carbonyl (C=O) groups is 1. The number of amides is 1. The van der Waals surface area contributed by atoms with E-state index in [2.05, 4.69) is 46.7 Å². The van der Waals surface area contributed by atoms with Crippen molar-refractivity contribution in [3.63, 3.8) is 0 Å². The van der Waals surface area contributed by atoms with E-state index in [1.807, 2.05) is 30.3 Å². The van der Waals surface area contributed by atoms with E-state index in [1.165, 1.54) is 11.8 Å². The van der Waals surface area contributed by atoms with Crippen LogP contribution in [0.15, 0.2) is 85.1 Å². The number of rotatable bonds is 7. The van der Waals surface area contributed by atoms with E-state index in [9.17, 15) is 4.79 Å². The Morgan fingerprint density at radius 1 is 0.897 bits per heavy atom. The van der Waals surface area contributed by atoms with Crippen molar-refractivity contribution in [1.82, 2.24) is 4.98 Å². The number of nitrogens with one attached hydrogen (secondary N) is 1. The first-order valence-electron chi connectivity index (χ1n) is 9.44. The molecule has 0 atom stereocenters. The molecular weight excluding hydrogens is 362 g/mol. The molecule has 0 radical (unpaired) electrons. The number of fused-ring (bicyclic) bond motifs is 1. The van der Waals surface area contributed by atoms with Crippen molar-refractivity contribution in [3.05, 3.63) is 96.2 Å². The molecule has 0 saturated heterocycles. The number of hydrogen-bond acceptors (Lipinski definition) is 4. The maximum absolute atomic E-state index is 11.2. The molecule has 0 aliphatic rings. The first-order chi connectivity index (χ1) is 14.2. The molecule has 0 unspecified atom stereocenters. The number of nitrogens with zero attached hydrogens (tertiary/aromatic N) is 1. The van der Waals surface area contributed by atoms with Crippen LogP contribution in [0.5, 0.6) is 11.6 Å². The lowest BCUT2D eigenvalue weighted by Crippen LogP contribution is -2.10. The summed E-state index contributed by atoms with van der Waals surface area (Å²) in [7, 11) is 0. The van der Waals surface area contributed by atoms with Crippen molar-refractivity contribution >= 4 is 22.4 Å². The number of aromatic nitrogens is 1. The average Bonchev–Trinajstić information content (AvgIpc) is 2.75. The fraction of sp³-hybridized carbons (Fsp3) is 0.0833. The number of benzene rings is 3. The van der Waals surface area contributed by atoms with Gasteiger partial charge in [-0.05, 0) is 30.2 Å². The third kappa shape index (κ3) is 4.35. The zero-order chi connectivity index (χ0) is 20.1. The van der Waals surface area contributed by atoms with E-state index in [-0.39, 0.29) is 0 Å². The van der Waals surface area contributed by atoms with E-state index in [4.69, 9.17) is 10.5 Å². The highest BCUT2D eigenvalue weighted by molar-refractivity contribution is 5.97. The van der Waals surface area contributed by atoms with Crippen LogP contribution in [0.2, 0.25) is 0 Å². The molecule has 0 aliphatic heterocycles. The van der Waals surface area contributed by atoms with Crippen molar-refractivity contribution < 1.29 is 9.53 Å². The fourth-order valence-electron chi connectivity index (χ4n) is 3.21. The third-order valence-corrected chi connectivity index (χ3v) is 4.69. The summed E-state index contributed by atoms with van der Waals surface area (Å²) in [6.07, 6.45) is 2.36. The predicted octanol–water partition coefficient (Wildman–Crippen LogP) is 4.78. The van der Waals surface area contributed by atoms with Gasteiger partial charge < -0.3 is 15.8 Å². The second-order valence-corrected chi connectivity index (χ2v) is 6.67. The van der Waals surface area contributed by atoms with Crippen LogP contribution in [0.1, 0.15) is 15.9 Å². The first kappa shape index (κ1) is 18.5. The Hall–Kier alpha value is -3.86. The van der Waals surface area contributed by atoms with E-state index in [0.717, 1.165) is 29.4 Å². The highest BCUT2D eigenvalue weighted by atomic mass is 16.5. The quantitative estimate of drug-likeness (QED) is 0.481. The molecule has 0 saturated carbocycles. The second-order valence-electron chi connectivity index (χ2n) is 6.67. The third-order valence-electron chi connectivity index (χ3n) is 4.69. The first-order valence-corrected chi connectivity index (χ1v) is 9.44. The summed E-state index contributed by atoms with van der Waals surface area (Å²) >= 11 is 0. The lowest BCUT2D eigenvalue weighted by molar-refractivity contribution is 0.1000. The van der Waals surface area contributed by atoms with Gasteiger partial charge in [-0.2, -0.15) is 0 Å². The number of hydrogen-bond donors (Lipinski definition) is 2. The summed E-state index contributed by atoms with van der Waals surface area (Å²) < 4.78 is 5.96. The SMILES string of the molecule is NC(=O)c1ccc(Oc2cccc3c(NCCc4ccccc4)cccc23)nc1. The standard InChI is InChI=1S/C24H21N3O2/c25-24(28)18-12-13-23(27-16-18)29-22-11-5-8-19-20(22)9-4-10-21(19)26-15-14-17-6-2-1-3-7-17/h1-13,16,26H,14-15H2,(H2,25,28). The molecule has 29 heavy (non-hydrogen) atoms. The molecule has 4 rings (SSSR count). The molecular formula is C24H21N3O2. The summed E-state index contributed by atoms with van der Waals surface area (Å²) in [4.78, 5) is 15.4. The van der Waals surface area contributed by atoms with E-state index < -0.39 is 5.91 Å². The van der Waals surface area contributed by atoms with E-state index in [0.29, 0.717) is 17.2 Å². The van der Waals surface area contributed by atoms with Crippen LogP contribution in [0.3, 0.4) is 0 Å². The molecule has 5 heteroatoms. The molecule has 144 valence electrons. The molecule has 0 bridgehead atoms. The maximum atomic E-state index is 11.2. The van der Waals surface area contributed by atoms with E-state index in [1.54, 1.807) is 12.1 Å². The second kappa shape index (κ2) is 8.44. The van der Waals surface area contributed by atoms with Crippen LogP contribution < -0.4 is 15.8 Å². The lowest BCUT2D eigenvalue weighted by atomic mass is 10.1. The van der Waals surface area contributed by atoms with Crippen LogP contribution in [-0.2, 0) is 6.42 Å². The Kier molecular flexibility index (Phi) is 5.38. The number of anilines is 1. The molecule has 1 aromatic heterocycles. The number of ether oxygens (including phenoxy) is 1. The van der Waals surface area contributed by atoms with Gasteiger partial charge in [0.1, 0.15) is 5.75 Å². The Bertz CT molecular complexity index is 1130. The van der Waals surface area contributed by atoms with Crippen molar-refractivity contribution in [2.24, 2.45) is 5.73 Å². The van der Waals surface area contributed by atoms with Gasteiger partial charge in [0.05, 0.1) is 5.56 Å². The van der Waals surface area contributed by atoms with Crippen LogP contribution in [-0.4, -0.2) is 17.4 Å². The fourth-order valence-corrected chi connectivity index (χ4v) is 3.21. The van der Waals surface area contributed by atoms with Crippen molar-refractivity contribution in [2.75, 3.05) is 11.9 Å². The molecule has 0 aliphatic carbocycles. The van der Waals surface area contributed by atoms with Gasteiger partial charge in [-0.15, -0.1) is 0 Å². The van der Waals surface area contributed by atoms with Gasteiger partial charge in [-0.25, -0.2) is 4.98 Å². The number of carbonyl (C=O) groups excluding carboxylic acids is 1. The van der Waals surface area contributed by atoms with Crippen LogP contribution >= 0.6 is 0 Å². The average molecular weight is 383 g/mol. The Balaban J connectivity index is 1.53. The highest BCUT2D eigenvalue weighted by Gasteiger charge is 2.08. The predicted molar refractivity (Wildman–Crippen MR) is 115 cm³/mol. The van der Waals surface area contributed by atoms with Gasteiger partial charge in [0, 0.05) is 35.3 Å². The monoisotopic (exact) mass is 383 g/mol. The van der Waals surface area contributed by atoms with Gasteiger partial charge in [0.2, 0.25) is 11.8 Å². The summed E-state index contributed by atoms with van der Waals surface area (Å²) in [5.74, 6) is 0.596. The highest BCUT2D eigenvalue weighted by Crippen LogP contribution is 2.33. The smallest absolute Gasteiger partial charge is 0.250 e. The normalized spacial score (nSPS) is 10.6. The van der Waals surface area contributed by atoms with Gasteiger partial charge in [0.25, 0.3) is 0 Å². The number of primary amides is 1. The lowest BCUT2D eigenvalue weighted by Gasteiger charge is -2.13. The van der Waals surface area contributed by atoms with Gasteiger partial charge in [0.15, 0.2) is 0 Å². The minimum absolute atomic E-state index is 0.347. The number of pyridine rings is 1. The zero-order valence-electron chi connectivity index (χ0n) is 15.8. The molecule has 5 nitrogen and oxygen atoms in total.